The van der Waals surface area contributed by atoms with Crippen LogP contribution in [0.25, 0.3) is 0 Å². The van der Waals surface area contributed by atoms with Gasteiger partial charge in [0.2, 0.25) is 0 Å². The normalized spacial score (nSPS) is 13.5. The Hall–Kier alpha value is -0.830. The Labute approximate surface area is 207 Å². The molecule has 1 unspecified atom stereocenters. The summed E-state index contributed by atoms with van der Waals surface area (Å²) in [5.74, 6) is -0.160. The second-order valence-corrected chi connectivity index (χ2v) is 10.1. The zero-order chi connectivity index (χ0) is 24.4. The molecule has 0 heterocycles. The Morgan fingerprint density at radius 3 is 1.67 bits per heavy atom. The van der Waals surface area contributed by atoms with Gasteiger partial charge in [0.25, 0.3) is 0 Å². The van der Waals surface area contributed by atoms with E-state index >= 15 is 0 Å². The van der Waals surface area contributed by atoms with Crippen LogP contribution < -0.4 is 0 Å². The lowest BCUT2D eigenvalue weighted by molar-refractivity contribution is -0.146. The molecule has 2 atom stereocenters. The number of ether oxygens (including phenoxy) is 1. The molecular weight excluding hydrogens is 408 g/mol. The van der Waals surface area contributed by atoms with Crippen LogP contribution in [0, 0.1) is 0 Å². The van der Waals surface area contributed by atoms with E-state index in [4.69, 9.17) is 4.74 Å². The molecule has 0 rings (SSSR count). The molecule has 0 aromatic rings. The average Bonchev–Trinajstić information content (AvgIpc) is 2.79. The number of rotatable bonds is 25. The molecule has 0 aromatic heterocycles. The van der Waals surface area contributed by atoms with Gasteiger partial charge in [0.1, 0.15) is 6.10 Å². The Balaban J connectivity index is 3.54. The van der Waals surface area contributed by atoms with E-state index in [1.54, 1.807) is 0 Å². The van der Waals surface area contributed by atoms with Crippen molar-refractivity contribution in [2.75, 3.05) is 0 Å². The average molecular weight is 467 g/mol. The maximum absolute atomic E-state index is 11.3. The van der Waals surface area contributed by atoms with Crippen molar-refractivity contribution >= 4 is 5.97 Å². The quantitative estimate of drug-likeness (QED) is 0.0827. The van der Waals surface area contributed by atoms with E-state index in [9.17, 15) is 9.90 Å². The maximum Gasteiger partial charge on any atom is 0.302 e. The molecule has 0 spiro atoms. The number of allylic oxidation sites excluding steroid dienone is 1. The van der Waals surface area contributed by atoms with Gasteiger partial charge in [-0.05, 0) is 38.5 Å². The Morgan fingerprint density at radius 2 is 1.12 bits per heavy atom. The minimum atomic E-state index is -0.160. The van der Waals surface area contributed by atoms with Gasteiger partial charge >= 0.3 is 5.97 Å². The van der Waals surface area contributed by atoms with Gasteiger partial charge < -0.3 is 9.84 Å². The third-order valence-corrected chi connectivity index (χ3v) is 6.58. The number of unbranched alkanes of at least 4 members (excludes halogenated alkanes) is 15. The Morgan fingerprint density at radius 1 is 0.667 bits per heavy atom. The summed E-state index contributed by atoms with van der Waals surface area (Å²) in [6.45, 7) is 5.99. The first-order valence-corrected chi connectivity index (χ1v) is 14.6. The highest BCUT2D eigenvalue weighted by Crippen LogP contribution is 2.16. The lowest BCUT2D eigenvalue weighted by Gasteiger charge is -2.15. The fraction of sp³-hybridized carbons (Fsp3) is 0.900. The van der Waals surface area contributed by atoms with Crippen molar-refractivity contribution in [3.05, 3.63) is 12.2 Å². The van der Waals surface area contributed by atoms with Crippen LogP contribution in [-0.2, 0) is 9.53 Å². The molecule has 33 heavy (non-hydrogen) atoms. The van der Waals surface area contributed by atoms with Gasteiger partial charge in [-0.1, -0.05) is 122 Å². The highest BCUT2D eigenvalue weighted by atomic mass is 16.5. The van der Waals surface area contributed by atoms with E-state index in [1.165, 1.54) is 103 Å². The molecule has 1 N–H and O–H groups in total. The summed E-state index contributed by atoms with van der Waals surface area (Å²) < 4.78 is 5.47. The van der Waals surface area contributed by atoms with Crippen molar-refractivity contribution in [1.82, 2.24) is 0 Å². The molecule has 0 radical (unpaired) electrons. The summed E-state index contributed by atoms with van der Waals surface area (Å²) in [5.41, 5.74) is 0. The van der Waals surface area contributed by atoms with Gasteiger partial charge in [0, 0.05) is 13.3 Å². The smallest absolute Gasteiger partial charge is 0.302 e. The van der Waals surface area contributed by atoms with Crippen LogP contribution in [0.5, 0.6) is 0 Å². The third kappa shape index (κ3) is 25.6. The van der Waals surface area contributed by atoms with Gasteiger partial charge in [-0.25, -0.2) is 0 Å². The largest absolute Gasteiger partial charge is 0.462 e. The van der Waals surface area contributed by atoms with Gasteiger partial charge in [-0.2, -0.15) is 0 Å². The molecule has 0 bridgehead atoms. The fourth-order valence-corrected chi connectivity index (χ4v) is 4.45. The first-order chi connectivity index (χ1) is 16.1. The monoisotopic (exact) mass is 466 g/mol. The molecule has 0 aliphatic heterocycles. The molecule has 0 saturated heterocycles. The number of hydrogen-bond acceptors (Lipinski definition) is 3. The summed E-state index contributed by atoms with van der Waals surface area (Å²) in [5, 5.41) is 10.2. The fourth-order valence-electron chi connectivity index (χ4n) is 4.45. The third-order valence-electron chi connectivity index (χ3n) is 6.58. The van der Waals surface area contributed by atoms with Gasteiger partial charge in [-0.3, -0.25) is 4.79 Å². The van der Waals surface area contributed by atoms with Crippen molar-refractivity contribution in [1.29, 1.82) is 0 Å². The van der Waals surface area contributed by atoms with Crippen LogP contribution in [0.2, 0.25) is 0 Å². The summed E-state index contributed by atoms with van der Waals surface area (Å²) in [6.07, 6.45) is 31.1. The van der Waals surface area contributed by atoms with E-state index in [-0.39, 0.29) is 18.2 Å². The van der Waals surface area contributed by atoms with Crippen LogP contribution in [0.4, 0.5) is 0 Å². The summed E-state index contributed by atoms with van der Waals surface area (Å²) in [4.78, 5) is 11.3. The van der Waals surface area contributed by atoms with Gasteiger partial charge in [0.15, 0.2) is 0 Å². The summed E-state index contributed by atoms with van der Waals surface area (Å²) >= 11 is 0. The molecule has 0 saturated carbocycles. The van der Waals surface area contributed by atoms with Crippen molar-refractivity contribution in [2.24, 2.45) is 0 Å². The van der Waals surface area contributed by atoms with E-state index in [0.717, 1.165) is 44.9 Å². The highest BCUT2D eigenvalue weighted by molar-refractivity contribution is 5.66. The topological polar surface area (TPSA) is 46.5 Å². The lowest BCUT2D eigenvalue weighted by atomic mass is 10.0. The Kier molecular flexibility index (Phi) is 25.1. The van der Waals surface area contributed by atoms with Crippen LogP contribution in [0.15, 0.2) is 12.2 Å². The molecule has 3 nitrogen and oxygen atoms in total. The van der Waals surface area contributed by atoms with E-state index in [1.807, 2.05) is 0 Å². The molecular formula is C30H58O3. The van der Waals surface area contributed by atoms with Crippen molar-refractivity contribution < 1.29 is 14.6 Å². The molecule has 0 aliphatic rings. The minimum absolute atomic E-state index is 0.0489. The van der Waals surface area contributed by atoms with Crippen molar-refractivity contribution in [3.63, 3.8) is 0 Å². The number of hydrogen-bond donors (Lipinski definition) is 1. The number of carbonyl (C=O) groups is 1. The summed E-state index contributed by atoms with van der Waals surface area (Å²) in [6, 6.07) is 0. The standard InChI is InChI=1S/C30H58O3/c1-4-6-8-10-11-14-17-20-24-29(32)25-21-18-15-12-13-16-19-23-27-30(33-28(3)31)26-22-9-7-5-2/h19,23,29-30,32H,4-18,20-22,24-27H2,1-3H3/t29?,30-/m1/s1. The zero-order valence-electron chi connectivity index (χ0n) is 22.6. The molecule has 0 amide bonds. The predicted molar refractivity (Wildman–Crippen MR) is 144 cm³/mol. The molecule has 0 aliphatic carbocycles. The van der Waals surface area contributed by atoms with Crippen LogP contribution >= 0.6 is 0 Å². The first-order valence-electron chi connectivity index (χ1n) is 14.6. The molecule has 196 valence electrons. The van der Waals surface area contributed by atoms with E-state index < -0.39 is 0 Å². The number of aliphatic hydroxyl groups is 1. The van der Waals surface area contributed by atoms with Gasteiger partial charge in [-0.15, -0.1) is 0 Å². The first kappa shape index (κ1) is 32.2. The van der Waals surface area contributed by atoms with Crippen LogP contribution in [0.3, 0.4) is 0 Å². The van der Waals surface area contributed by atoms with Gasteiger partial charge in [0.05, 0.1) is 6.10 Å². The predicted octanol–water partition coefficient (Wildman–Crippen LogP) is 9.46. The van der Waals surface area contributed by atoms with E-state index in [0.29, 0.717) is 0 Å². The summed E-state index contributed by atoms with van der Waals surface area (Å²) in [7, 11) is 0. The number of esters is 1. The Bertz CT molecular complexity index is 432. The molecule has 3 heteroatoms. The zero-order valence-corrected chi connectivity index (χ0v) is 22.6. The minimum Gasteiger partial charge on any atom is -0.462 e. The SMILES string of the molecule is CCCCCCCCCCC(O)CCCCCCCC=CC[C@@H](CCCCCC)OC(C)=O. The second kappa shape index (κ2) is 25.8. The number of carbonyl (C=O) groups excluding carboxylic acids is 1. The maximum atomic E-state index is 11.3. The van der Waals surface area contributed by atoms with Crippen LogP contribution in [-0.4, -0.2) is 23.3 Å². The van der Waals surface area contributed by atoms with E-state index in [2.05, 4.69) is 26.0 Å². The van der Waals surface area contributed by atoms with Crippen LogP contribution in [0.1, 0.15) is 162 Å². The number of aliphatic hydroxyl groups excluding tert-OH is 1. The lowest BCUT2D eigenvalue weighted by Crippen LogP contribution is -2.15. The van der Waals surface area contributed by atoms with Crippen molar-refractivity contribution in [3.8, 4) is 0 Å². The highest BCUT2D eigenvalue weighted by Gasteiger charge is 2.09. The second-order valence-electron chi connectivity index (χ2n) is 10.1. The molecule has 0 fully saturated rings. The molecule has 0 aromatic carbocycles. The van der Waals surface area contributed by atoms with Crippen molar-refractivity contribution in [2.45, 2.75) is 174 Å².